The predicted octanol–water partition coefficient (Wildman–Crippen LogP) is 4.41. The Balaban J connectivity index is 0.000000357. The maximum Gasteiger partial charge on any atom is 0.107 e. The Hall–Kier alpha value is -0.210. The van der Waals surface area contributed by atoms with Crippen LogP contribution in [0.15, 0.2) is 58.8 Å². The highest BCUT2D eigenvalue weighted by atomic mass is 33.1. The molecule has 0 aliphatic rings. The molecule has 0 aliphatic heterocycles. The second-order valence-electron chi connectivity index (χ2n) is 2.79. The summed E-state index contributed by atoms with van der Waals surface area (Å²) in [4.78, 5) is 8.42. The molecule has 0 N–H and O–H groups in total. The number of pyridine rings is 2. The molecule has 0 amide bonds. The van der Waals surface area contributed by atoms with Gasteiger partial charge in [0, 0.05) is 12.4 Å². The van der Waals surface area contributed by atoms with Crippen LogP contribution in [-0.4, -0.2) is 13.5 Å². The van der Waals surface area contributed by atoms with Crippen molar-refractivity contribution in [1.82, 2.24) is 9.97 Å². The lowest BCUT2D eigenvalue weighted by atomic mass is 10.5. The average Bonchev–Trinajstić information content (AvgIpc) is 2.38. The van der Waals surface area contributed by atoms with Crippen LogP contribution in [0.2, 0.25) is 0 Å². The van der Waals surface area contributed by atoms with E-state index in [-0.39, 0.29) is 0 Å². The smallest absolute Gasteiger partial charge is 0.107 e. The van der Waals surface area contributed by atoms with Gasteiger partial charge in [0.1, 0.15) is 10.1 Å². The SMILES string of the molecule is S=C(S)S.c1ccc(SSc2ccccn2)nc1. The van der Waals surface area contributed by atoms with Gasteiger partial charge in [-0.05, 0) is 45.9 Å². The first-order chi connectivity index (χ1) is 8.68. The maximum absolute atomic E-state index is 4.27. The normalized spacial score (nSPS) is 9.22. The van der Waals surface area contributed by atoms with E-state index in [1.54, 1.807) is 34.0 Å². The molecule has 0 radical (unpaired) electrons. The van der Waals surface area contributed by atoms with Crippen LogP contribution in [0.25, 0.3) is 0 Å². The zero-order valence-electron chi connectivity index (χ0n) is 9.13. The Morgan fingerprint density at radius 2 is 1.28 bits per heavy atom. The highest BCUT2D eigenvalue weighted by Crippen LogP contribution is 2.34. The lowest BCUT2D eigenvalue weighted by molar-refractivity contribution is 1.13. The molecule has 0 aromatic carbocycles. The van der Waals surface area contributed by atoms with Gasteiger partial charge in [0.15, 0.2) is 0 Å². The average molecular weight is 331 g/mol. The summed E-state index contributed by atoms with van der Waals surface area (Å²) in [7, 11) is 3.23. The number of thiocarbonyl (C=S) groups is 1. The predicted molar refractivity (Wildman–Crippen MR) is 90.8 cm³/mol. The minimum Gasteiger partial charge on any atom is -0.249 e. The zero-order chi connectivity index (χ0) is 13.2. The summed E-state index contributed by atoms with van der Waals surface area (Å²) < 4.78 is 0.389. The Bertz CT molecular complexity index is 420. The molecule has 18 heavy (non-hydrogen) atoms. The van der Waals surface area contributed by atoms with Crippen molar-refractivity contribution >= 4 is 62.6 Å². The summed E-state index contributed by atoms with van der Waals surface area (Å²) in [5.41, 5.74) is 0. The number of nitrogens with zero attached hydrogens (tertiary/aromatic N) is 2. The molecule has 2 rings (SSSR count). The fourth-order valence-corrected chi connectivity index (χ4v) is 2.63. The maximum atomic E-state index is 4.27. The Labute approximate surface area is 131 Å². The van der Waals surface area contributed by atoms with Gasteiger partial charge in [-0.3, -0.25) is 0 Å². The number of aromatic nitrogens is 2. The summed E-state index contributed by atoms with van der Waals surface area (Å²) in [6, 6.07) is 11.8. The molecule has 2 nitrogen and oxygen atoms in total. The molecule has 0 aliphatic carbocycles. The van der Waals surface area contributed by atoms with Crippen LogP contribution in [-0.2, 0) is 0 Å². The molecule has 2 aromatic rings. The van der Waals surface area contributed by atoms with Gasteiger partial charge < -0.3 is 0 Å². The van der Waals surface area contributed by atoms with Gasteiger partial charge in [-0.25, -0.2) is 9.97 Å². The molecule has 0 saturated heterocycles. The van der Waals surface area contributed by atoms with Gasteiger partial charge in [-0.2, -0.15) is 0 Å². The first kappa shape index (κ1) is 15.8. The summed E-state index contributed by atoms with van der Waals surface area (Å²) in [6.45, 7) is 0. The largest absolute Gasteiger partial charge is 0.249 e. The molecule has 7 heteroatoms. The first-order valence-corrected chi connectivity index (χ1v) is 8.22. The van der Waals surface area contributed by atoms with Crippen LogP contribution in [0.4, 0.5) is 0 Å². The molecule has 0 spiro atoms. The second-order valence-corrected chi connectivity index (χ2v) is 7.22. The van der Waals surface area contributed by atoms with Crippen molar-refractivity contribution < 1.29 is 0 Å². The standard InChI is InChI=1S/C10H8N2S2.CH2S3/c1-3-7-11-9(5-1)13-14-10-6-2-4-8-12-10;2-1(3)4/h1-8H;(H2,2,3,4). The second kappa shape index (κ2) is 9.69. The first-order valence-electron chi connectivity index (χ1n) is 4.77. The molecule has 2 aromatic heterocycles. The van der Waals surface area contributed by atoms with E-state index in [1.165, 1.54) is 0 Å². The summed E-state index contributed by atoms with van der Waals surface area (Å²) >= 11 is 11.4. The van der Waals surface area contributed by atoms with E-state index in [0.717, 1.165) is 10.1 Å². The quantitative estimate of drug-likeness (QED) is 0.494. The number of hydrogen-bond donors (Lipinski definition) is 2. The summed E-state index contributed by atoms with van der Waals surface area (Å²) in [5.74, 6) is 0. The lowest BCUT2D eigenvalue weighted by Gasteiger charge is -1.97. The van der Waals surface area contributed by atoms with E-state index in [1.807, 2.05) is 36.4 Å². The summed E-state index contributed by atoms with van der Waals surface area (Å²) in [5, 5.41) is 2.01. The molecule has 94 valence electrons. The van der Waals surface area contributed by atoms with Crippen molar-refractivity contribution in [3.8, 4) is 0 Å². The highest BCUT2D eigenvalue weighted by molar-refractivity contribution is 8.76. The minimum atomic E-state index is 0.389. The van der Waals surface area contributed by atoms with Gasteiger partial charge in [0.25, 0.3) is 0 Å². The molecular formula is C11H10N2S5. The third-order valence-corrected chi connectivity index (χ3v) is 3.67. The van der Waals surface area contributed by atoms with Crippen LogP contribution in [0.3, 0.4) is 0 Å². The topological polar surface area (TPSA) is 25.8 Å². The number of rotatable bonds is 3. The number of hydrogen-bond acceptors (Lipinski definition) is 5. The van der Waals surface area contributed by atoms with E-state index in [9.17, 15) is 0 Å². The van der Waals surface area contributed by atoms with E-state index >= 15 is 0 Å². The fraction of sp³-hybridized carbons (Fsp3) is 0. The third kappa shape index (κ3) is 7.99. The van der Waals surface area contributed by atoms with E-state index in [4.69, 9.17) is 0 Å². The zero-order valence-corrected chi connectivity index (χ0v) is 13.4. The molecule has 0 saturated carbocycles. The molecule has 0 unspecified atom stereocenters. The van der Waals surface area contributed by atoms with Gasteiger partial charge in [0.2, 0.25) is 0 Å². The van der Waals surface area contributed by atoms with Crippen molar-refractivity contribution in [3.63, 3.8) is 0 Å². The van der Waals surface area contributed by atoms with Crippen LogP contribution in [0, 0.1) is 0 Å². The summed E-state index contributed by atoms with van der Waals surface area (Å²) in [6.07, 6.45) is 3.59. The van der Waals surface area contributed by atoms with E-state index in [0.29, 0.717) is 3.53 Å². The van der Waals surface area contributed by atoms with Crippen molar-refractivity contribution in [2.24, 2.45) is 0 Å². The van der Waals surface area contributed by atoms with Gasteiger partial charge in [0.05, 0.1) is 3.53 Å². The number of thiol groups is 2. The highest BCUT2D eigenvalue weighted by Gasteiger charge is 1.97. The van der Waals surface area contributed by atoms with Gasteiger partial charge in [-0.1, -0.05) is 24.4 Å². The van der Waals surface area contributed by atoms with E-state index < -0.39 is 0 Å². The van der Waals surface area contributed by atoms with Gasteiger partial charge >= 0.3 is 0 Å². The Morgan fingerprint density at radius 1 is 0.889 bits per heavy atom. The Kier molecular flexibility index (Phi) is 8.53. The van der Waals surface area contributed by atoms with Crippen molar-refractivity contribution in [1.29, 1.82) is 0 Å². The monoisotopic (exact) mass is 330 g/mol. The molecule has 0 fully saturated rings. The molecular weight excluding hydrogens is 320 g/mol. The fourth-order valence-electron chi connectivity index (χ4n) is 0.878. The Morgan fingerprint density at radius 3 is 1.56 bits per heavy atom. The minimum absolute atomic E-state index is 0.389. The lowest BCUT2D eigenvalue weighted by Crippen LogP contribution is -1.75. The molecule has 2 heterocycles. The molecule has 0 atom stereocenters. The van der Waals surface area contributed by atoms with Crippen molar-refractivity contribution in [2.75, 3.05) is 0 Å². The molecule has 0 bridgehead atoms. The van der Waals surface area contributed by atoms with Crippen LogP contribution in [0.1, 0.15) is 0 Å². The van der Waals surface area contributed by atoms with Crippen LogP contribution in [0.5, 0.6) is 0 Å². The van der Waals surface area contributed by atoms with E-state index in [2.05, 4.69) is 47.4 Å². The van der Waals surface area contributed by atoms with Crippen molar-refractivity contribution in [3.05, 3.63) is 48.8 Å². The van der Waals surface area contributed by atoms with Crippen molar-refractivity contribution in [2.45, 2.75) is 10.1 Å². The van der Waals surface area contributed by atoms with Crippen LogP contribution >= 0.6 is 59.1 Å². The van der Waals surface area contributed by atoms with Crippen LogP contribution < -0.4 is 0 Å². The van der Waals surface area contributed by atoms with Gasteiger partial charge in [-0.15, -0.1) is 25.3 Å². The third-order valence-electron chi connectivity index (χ3n) is 1.49.